The van der Waals surface area contributed by atoms with Gasteiger partial charge in [0.05, 0.1) is 21.0 Å². The first kappa shape index (κ1) is 30.3. The van der Waals surface area contributed by atoms with Crippen molar-refractivity contribution in [2.45, 2.75) is 56.5 Å². The van der Waals surface area contributed by atoms with Gasteiger partial charge < -0.3 is 15.8 Å². The number of rotatable bonds is 10. The standard InChI is InChI=1S/C34H37IN6O2/c1-5-8-27(35)29-20-32(41(40-29)24-13-11-22(2)12-14-24)39-33(42)38-28-15-16-30(26-10-7-6-9-25(26)28)43-34(3,4)21-23-17-18-37-31(36)19-23/h6-7,9-20,27H,5,8,21H2,1-4H3,(H2,36,37)(H2,38,39,42). The fraction of sp³-hybridized carbons (Fsp3) is 0.265. The van der Waals surface area contributed by atoms with Crippen molar-refractivity contribution in [3.05, 3.63) is 102 Å². The summed E-state index contributed by atoms with van der Waals surface area (Å²) in [5.74, 6) is 1.83. The molecule has 5 rings (SSSR count). The number of carbonyl (C=O) groups is 1. The number of nitrogens with one attached hydrogen (secondary N) is 2. The molecule has 4 N–H and O–H groups in total. The molecule has 0 aliphatic rings. The van der Waals surface area contributed by atoms with Gasteiger partial charge in [-0.1, -0.05) is 77.9 Å². The molecule has 3 aromatic carbocycles. The second-order valence-corrected chi connectivity index (χ2v) is 12.8. The lowest BCUT2D eigenvalue weighted by Gasteiger charge is -2.28. The number of nitrogen functional groups attached to an aromatic ring is 1. The minimum absolute atomic E-state index is 0.245. The number of alkyl halides is 1. The second-order valence-electron chi connectivity index (χ2n) is 11.3. The van der Waals surface area contributed by atoms with Crippen molar-refractivity contribution >= 4 is 56.7 Å². The highest BCUT2D eigenvalue weighted by Gasteiger charge is 2.23. The fourth-order valence-electron chi connectivity index (χ4n) is 5.09. The smallest absolute Gasteiger partial charge is 0.324 e. The molecule has 1 unspecified atom stereocenters. The van der Waals surface area contributed by atoms with Crippen LogP contribution < -0.4 is 21.1 Å². The molecule has 2 heterocycles. The van der Waals surface area contributed by atoms with E-state index in [9.17, 15) is 4.79 Å². The van der Waals surface area contributed by atoms with Crippen molar-refractivity contribution in [1.82, 2.24) is 14.8 Å². The molecule has 2 amide bonds. The highest BCUT2D eigenvalue weighted by Crippen LogP contribution is 2.35. The number of carbonyl (C=O) groups excluding carboxylic acids is 1. The van der Waals surface area contributed by atoms with E-state index >= 15 is 0 Å². The fourth-order valence-corrected chi connectivity index (χ4v) is 6.02. The van der Waals surface area contributed by atoms with Gasteiger partial charge in [-0.15, -0.1) is 0 Å². The molecule has 1 atom stereocenters. The lowest BCUT2D eigenvalue weighted by molar-refractivity contribution is 0.112. The summed E-state index contributed by atoms with van der Waals surface area (Å²) in [4.78, 5) is 17.5. The Balaban J connectivity index is 1.38. The van der Waals surface area contributed by atoms with Crippen molar-refractivity contribution in [2.75, 3.05) is 16.4 Å². The molecule has 222 valence electrons. The van der Waals surface area contributed by atoms with Gasteiger partial charge in [0.25, 0.3) is 0 Å². The van der Waals surface area contributed by atoms with Gasteiger partial charge in [0.2, 0.25) is 0 Å². The molecule has 8 nitrogen and oxygen atoms in total. The Kier molecular flexibility index (Phi) is 9.19. The number of halogens is 1. The minimum Gasteiger partial charge on any atom is -0.487 e. The number of nitrogens with two attached hydrogens (primary N) is 1. The van der Waals surface area contributed by atoms with E-state index in [1.807, 2.05) is 99.6 Å². The van der Waals surface area contributed by atoms with Crippen LogP contribution in [0.15, 0.2) is 85.1 Å². The minimum atomic E-state index is -0.511. The summed E-state index contributed by atoms with van der Waals surface area (Å²) in [6, 6.07) is 25.2. The van der Waals surface area contributed by atoms with Crippen LogP contribution in [-0.2, 0) is 6.42 Å². The Morgan fingerprint density at radius 2 is 1.77 bits per heavy atom. The number of hydrogen-bond acceptors (Lipinski definition) is 5. The number of amides is 2. The first-order valence-electron chi connectivity index (χ1n) is 14.4. The number of anilines is 3. The summed E-state index contributed by atoms with van der Waals surface area (Å²) in [6.45, 7) is 8.30. The summed E-state index contributed by atoms with van der Waals surface area (Å²) in [5, 5.41) is 12.7. The van der Waals surface area contributed by atoms with Gasteiger partial charge in [-0.05, 0) is 69.2 Å². The van der Waals surface area contributed by atoms with E-state index in [4.69, 9.17) is 15.6 Å². The van der Waals surface area contributed by atoms with Crippen LogP contribution in [0.5, 0.6) is 5.75 Å². The van der Waals surface area contributed by atoms with Crippen LogP contribution in [0.3, 0.4) is 0 Å². The maximum Gasteiger partial charge on any atom is 0.324 e. The van der Waals surface area contributed by atoms with E-state index in [-0.39, 0.29) is 9.96 Å². The summed E-state index contributed by atoms with van der Waals surface area (Å²) in [5.41, 5.74) is 10.1. The van der Waals surface area contributed by atoms with E-state index in [1.165, 1.54) is 0 Å². The lowest BCUT2D eigenvalue weighted by Crippen LogP contribution is -2.31. The van der Waals surface area contributed by atoms with Crippen LogP contribution >= 0.6 is 22.6 Å². The first-order valence-corrected chi connectivity index (χ1v) is 15.7. The normalized spacial score (nSPS) is 12.2. The van der Waals surface area contributed by atoms with Gasteiger partial charge in [0.1, 0.15) is 23.0 Å². The van der Waals surface area contributed by atoms with E-state index in [0.29, 0.717) is 23.7 Å². The summed E-state index contributed by atoms with van der Waals surface area (Å²) >= 11 is 2.42. The highest BCUT2D eigenvalue weighted by atomic mass is 127. The average molecular weight is 689 g/mol. The zero-order valence-corrected chi connectivity index (χ0v) is 27.1. The summed E-state index contributed by atoms with van der Waals surface area (Å²) in [6.07, 6.45) is 4.42. The third-order valence-electron chi connectivity index (χ3n) is 7.11. The Hall–Kier alpha value is -4.12. The third-order valence-corrected chi connectivity index (χ3v) is 8.37. The Bertz CT molecular complexity index is 1730. The molecule has 0 aliphatic carbocycles. The molecule has 2 aromatic heterocycles. The van der Waals surface area contributed by atoms with E-state index < -0.39 is 5.60 Å². The van der Waals surface area contributed by atoms with E-state index in [2.05, 4.69) is 45.1 Å². The van der Waals surface area contributed by atoms with Gasteiger partial charge in [-0.3, -0.25) is 5.32 Å². The Morgan fingerprint density at radius 3 is 2.49 bits per heavy atom. The van der Waals surface area contributed by atoms with Crippen molar-refractivity contribution in [3.8, 4) is 11.4 Å². The molecule has 0 bridgehead atoms. The lowest BCUT2D eigenvalue weighted by atomic mass is 9.98. The molecule has 0 spiro atoms. The van der Waals surface area contributed by atoms with Crippen LogP contribution in [0.1, 0.15) is 54.4 Å². The Morgan fingerprint density at radius 1 is 1.02 bits per heavy atom. The topological polar surface area (TPSA) is 107 Å². The van der Waals surface area contributed by atoms with Crippen molar-refractivity contribution in [3.63, 3.8) is 0 Å². The largest absolute Gasteiger partial charge is 0.487 e. The molecule has 0 fully saturated rings. The maximum atomic E-state index is 13.4. The van der Waals surface area contributed by atoms with Crippen molar-refractivity contribution in [2.24, 2.45) is 0 Å². The molecule has 0 saturated carbocycles. The van der Waals surface area contributed by atoms with Crippen molar-refractivity contribution in [1.29, 1.82) is 0 Å². The average Bonchev–Trinajstić information content (AvgIpc) is 3.38. The quantitative estimate of drug-likeness (QED) is 0.101. The predicted octanol–water partition coefficient (Wildman–Crippen LogP) is 8.63. The molecule has 0 saturated heterocycles. The van der Waals surface area contributed by atoms with Gasteiger partial charge in [0.15, 0.2) is 0 Å². The zero-order valence-electron chi connectivity index (χ0n) is 24.9. The molecular weight excluding hydrogens is 651 g/mol. The van der Waals surface area contributed by atoms with Crippen LogP contribution in [0.2, 0.25) is 0 Å². The number of ether oxygens (including phenoxy) is 1. The molecular formula is C34H37IN6O2. The van der Waals surface area contributed by atoms with Gasteiger partial charge in [-0.2, -0.15) is 5.10 Å². The third kappa shape index (κ3) is 7.45. The van der Waals surface area contributed by atoms with Crippen LogP contribution in [0.4, 0.5) is 22.1 Å². The summed E-state index contributed by atoms with van der Waals surface area (Å²) < 4.78 is 8.57. The number of aryl methyl sites for hydroxylation is 1. The van der Waals surface area contributed by atoms with Crippen LogP contribution in [0, 0.1) is 6.92 Å². The van der Waals surface area contributed by atoms with Crippen LogP contribution in [0.25, 0.3) is 16.5 Å². The van der Waals surface area contributed by atoms with Gasteiger partial charge in [0, 0.05) is 29.5 Å². The second kappa shape index (κ2) is 13.0. The molecule has 43 heavy (non-hydrogen) atoms. The maximum absolute atomic E-state index is 13.4. The molecule has 9 heteroatoms. The molecule has 0 radical (unpaired) electrons. The predicted molar refractivity (Wildman–Crippen MR) is 184 cm³/mol. The number of nitrogens with zero attached hydrogens (tertiary/aromatic N) is 3. The van der Waals surface area contributed by atoms with Crippen molar-refractivity contribution < 1.29 is 9.53 Å². The SMILES string of the molecule is CCCC(I)c1cc(NC(=O)Nc2ccc(OC(C)(C)Cc3ccnc(N)c3)c3ccccc23)n(-c2ccc(C)cc2)n1. The van der Waals surface area contributed by atoms with Crippen LogP contribution in [-0.4, -0.2) is 26.4 Å². The highest BCUT2D eigenvalue weighted by molar-refractivity contribution is 14.1. The monoisotopic (exact) mass is 688 g/mol. The van der Waals surface area contributed by atoms with E-state index in [1.54, 1.807) is 10.9 Å². The van der Waals surface area contributed by atoms with Gasteiger partial charge in [-0.25, -0.2) is 14.5 Å². The number of benzene rings is 3. The number of hydrogen-bond donors (Lipinski definition) is 3. The molecule has 5 aromatic rings. The van der Waals surface area contributed by atoms with E-state index in [0.717, 1.165) is 51.9 Å². The number of fused-ring (bicyclic) bond motifs is 1. The first-order chi connectivity index (χ1) is 20.6. The molecule has 0 aliphatic heterocycles. The number of urea groups is 1. The number of aromatic nitrogens is 3. The number of pyridine rings is 1. The Labute approximate surface area is 266 Å². The van der Waals surface area contributed by atoms with Gasteiger partial charge >= 0.3 is 6.03 Å². The zero-order chi connectivity index (χ0) is 30.6. The summed E-state index contributed by atoms with van der Waals surface area (Å²) in [7, 11) is 0.